The lowest BCUT2D eigenvalue weighted by Crippen LogP contribution is -2.27. The third kappa shape index (κ3) is 5.70. The van der Waals surface area contributed by atoms with Crippen LogP contribution in [0.15, 0.2) is 65.6 Å². The minimum atomic E-state index is -0.381. The predicted molar refractivity (Wildman–Crippen MR) is 137 cm³/mol. The van der Waals surface area contributed by atoms with Gasteiger partial charge in [-0.15, -0.1) is 0 Å². The number of benzene rings is 3. The van der Waals surface area contributed by atoms with Gasteiger partial charge in [-0.25, -0.2) is 0 Å². The van der Waals surface area contributed by atoms with Gasteiger partial charge >= 0.3 is 0 Å². The van der Waals surface area contributed by atoms with Crippen LogP contribution >= 0.6 is 46.6 Å². The van der Waals surface area contributed by atoms with Gasteiger partial charge < -0.3 is 9.47 Å². The summed E-state index contributed by atoms with van der Waals surface area (Å²) in [4.78, 5) is 26.8. The number of carbonyl (C=O) groups is 2. The van der Waals surface area contributed by atoms with E-state index in [1.165, 1.54) is 12.0 Å². The fourth-order valence-corrected chi connectivity index (χ4v) is 4.76. The van der Waals surface area contributed by atoms with E-state index in [-0.39, 0.29) is 24.3 Å². The van der Waals surface area contributed by atoms with E-state index in [1.807, 2.05) is 18.2 Å². The van der Waals surface area contributed by atoms with Crippen LogP contribution in [-0.4, -0.2) is 23.2 Å². The first-order chi connectivity index (χ1) is 16.3. The van der Waals surface area contributed by atoms with E-state index in [2.05, 4.69) is 0 Å². The summed E-state index contributed by atoms with van der Waals surface area (Å²) >= 11 is 19.3. The topological polar surface area (TPSA) is 55.8 Å². The van der Waals surface area contributed by atoms with Crippen molar-refractivity contribution in [3.63, 3.8) is 0 Å². The van der Waals surface area contributed by atoms with Crippen molar-refractivity contribution < 1.29 is 19.1 Å². The van der Waals surface area contributed by atoms with Gasteiger partial charge in [-0.2, -0.15) is 0 Å². The van der Waals surface area contributed by atoms with Crippen LogP contribution in [0.5, 0.6) is 11.5 Å². The molecule has 0 radical (unpaired) electrons. The van der Waals surface area contributed by atoms with Gasteiger partial charge in [-0.3, -0.25) is 14.5 Å². The number of rotatable bonds is 7. The van der Waals surface area contributed by atoms with Crippen LogP contribution in [-0.2, 0) is 17.9 Å². The number of methoxy groups -OCH3 is 1. The van der Waals surface area contributed by atoms with Crippen molar-refractivity contribution in [3.8, 4) is 11.5 Å². The van der Waals surface area contributed by atoms with Crippen molar-refractivity contribution >= 4 is 63.8 Å². The largest absolute Gasteiger partial charge is 0.493 e. The Morgan fingerprint density at radius 3 is 2.41 bits per heavy atom. The van der Waals surface area contributed by atoms with Gasteiger partial charge in [-0.05, 0) is 70.9 Å². The van der Waals surface area contributed by atoms with Crippen LogP contribution in [0.3, 0.4) is 0 Å². The van der Waals surface area contributed by atoms with E-state index < -0.39 is 0 Å². The first kappa shape index (κ1) is 24.5. The average molecular weight is 535 g/mol. The molecule has 1 fully saturated rings. The monoisotopic (exact) mass is 533 g/mol. The van der Waals surface area contributed by atoms with Gasteiger partial charge in [0.2, 0.25) is 0 Å². The molecule has 1 aliphatic rings. The molecule has 1 saturated heterocycles. The molecule has 4 rings (SSSR count). The first-order valence-corrected chi connectivity index (χ1v) is 12.0. The van der Waals surface area contributed by atoms with E-state index in [0.29, 0.717) is 37.0 Å². The number of hydrogen-bond donors (Lipinski definition) is 0. The van der Waals surface area contributed by atoms with Gasteiger partial charge in [0.05, 0.1) is 23.6 Å². The summed E-state index contributed by atoms with van der Waals surface area (Å²) in [7, 11) is 1.50. The third-order valence-corrected chi connectivity index (χ3v) is 6.62. The molecule has 0 aliphatic carbocycles. The molecule has 1 heterocycles. The van der Waals surface area contributed by atoms with Crippen molar-refractivity contribution in [1.29, 1.82) is 0 Å². The number of thioether (sulfide) groups is 1. The van der Waals surface area contributed by atoms with Crippen molar-refractivity contribution in [2.45, 2.75) is 13.2 Å². The van der Waals surface area contributed by atoms with E-state index in [1.54, 1.807) is 48.5 Å². The molecule has 0 unspecified atom stereocenters. The highest BCUT2D eigenvalue weighted by atomic mass is 35.5. The van der Waals surface area contributed by atoms with E-state index >= 15 is 0 Å². The standard InChI is InChI=1S/C25H18Cl3NO4S/c1-32-21-11-17(10-20(28)23(21)33-14-15-5-7-18(26)8-6-15)12-22-24(30)29(25(31)34-22)13-16-3-2-4-19(27)9-16/h2-12H,13-14H2,1H3/b22-12-. The van der Waals surface area contributed by atoms with Gasteiger partial charge in [0, 0.05) is 10.0 Å². The Labute approximate surface area is 216 Å². The van der Waals surface area contributed by atoms with Gasteiger partial charge in [0.15, 0.2) is 11.5 Å². The zero-order valence-electron chi connectivity index (χ0n) is 17.9. The molecule has 0 saturated carbocycles. The van der Waals surface area contributed by atoms with Gasteiger partial charge in [-0.1, -0.05) is 59.1 Å². The fourth-order valence-electron chi connectivity index (χ4n) is 3.30. The molecule has 5 nitrogen and oxygen atoms in total. The molecule has 3 aromatic carbocycles. The normalized spacial score (nSPS) is 14.7. The lowest BCUT2D eigenvalue weighted by Gasteiger charge is -2.14. The number of halogens is 3. The molecule has 2 amide bonds. The lowest BCUT2D eigenvalue weighted by molar-refractivity contribution is -0.123. The second-order valence-electron chi connectivity index (χ2n) is 7.35. The maximum absolute atomic E-state index is 12.9. The van der Waals surface area contributed by atoms with Gasteiger partial charge in [0.25, 0.3) is 11.1 Å². The maximum Gasteiger partial charge on any atom is 0.293 e. The summed E-state index contributed by atoms with van der Waals surface area (Å²) in [5.41, 5.74) is 2.29. The van der Waals surface area contributed by atoms with Crippen molar-refractivity contribution in [1.82, 2.24) is 4.90 Å². The lowest BCUT2D eigenvalue weighted by atomic mass is 10.1. The number of amides is 2. The third-order valence-electron chi connectivity index (χ3n) is 4.95. The van der Waals surface area contributed by atoms with Crippen molar-refractivity contribution in [3.05, 3.63) is 97.3 Å². The molecule has 0 spiro atoms. The van der Waals surface area contributed by atoms with Crippen LogP contribution in [0.1, 0.15) is 16.7 Å². The smallest absolute Gasteiger partial charge is 0.293 e. The number of nitrogens with zero attached hydrogens (tertiary/aromatic N) is 1. The quantitative estimate of drug-likeness (QED) is 0.294. The maximum atomic E-state index is 12.9. The molecule has 0 aromatic heterocycles. The molecular weight excluding hydrogens is 517 g/mol. The molecular formula is C25H18Cl3NO4S. The molecule has 0 atom stereocenters. The number of hydrogen-bond acceptors (Lipinski definition) is 5. The Hall–Kier alpha value is -2.64. The minimum Gasteiger partial charge on any atom is -0.493 e. The van der Waals surface area contributed by atoms with Crippen LogP contribution in [0.25, 0.3) is 6.08 Å². The summed E-state index contributed by atoms with van der Waals surface area (Å²) in [5.74, 6) is 0.407. The fraction of sp³-hybridized carbons (Fsp3) is 0.120. The Kier molecular flexibility index (Phi) is 7.73. The van der Waals surface area contributed by atoms with Gasteiger partial charge in [0.1, 0.15) is 6.61 Å². The molecule has 0 bridgehead atoms. The van der Waals surface area contributed by atoms with Crippen LogP contribution in [0.4, 0.5) is 4.79 Å². The van der Waals surface area contributed by atoms with Crippen molar-refractivity contribution in [2.24, 2.45) is 0 Å². The molecule has 1 aliphatic heterocycles. The average Bonchev–Trinajstić information content (AvgIpc) is 3.06. The second kappa shape index (κ2) is 10.7. The Balaban J connectivity index is 1.53. The molecule has 3 aromatic rings. The number of imide groups is 1. The highest BCUT2D eigenvalue weighted by molar-refractivity contribution is 8.18. The highest BCUT2D eigenvalue weighted by Gasteiger charge is 2.35. The second-order valence-corrected chi connectivity index (χ2v) is 9.62. The highest BCUT2D eigenvalue weighted by Crippen LogP contribution is 2.39. The summed E-state index contributed by atoms with van der Waals surface area (Å²) in [5, 5.41) is 1.15. The Morgan fingerprint density at radius 2 is 1.71 bits per heavy atom. The van der Waals surface area contributed by atoms with Crippen LogP contribution < -0.4 is 9.47 Å². The number of carbonyl (C=O) groups excluding carboxylic acids is 2. The zero-order valence-corrected chi connectivity index (χ0v) is 21.0. The minimum absolute atomic E-state index is 0.143. The molecule has 9 heteroatoms. The summed E-state index contributed by atoms with van der Waals surface area (Å²) in [6.07, 6.45) is 1.61. The van der Waals surface area contributed by atoms with Crippen LogP contribution in [0.2, 0.25) is 15.1 Å². The SMILES string of the molecule is COc1cc(/C=C2\SC(=O)N(Cc3cccc(Cl)c3)C2=O)cc(Cl)c1OCc1ccc(Cl)cc1. The van der Waals surface area contributed by atoms with E-state index in [4.69, 9.17) is 44.3 Å². The molecule has 174 valence electrons. The van der Waals surface area contributed by atoms with Crippen LogP contribution in [0, 0.1) is 0 Å². The van der Waals surface area contributed by atoms with E-state index in [9.17, 15) is 9.59 Å². The zero-order chi connectivity index (χ0) is 24.2. The Morgan fingerprint density at radius 1 is 0.941 bits per heavy atom. The summed E-state index contributed by atoms with van der Waals surface area (Å²) < 4.78 is 11.3. The first-order valence-electron chi connectivity index (χ1n) is 10.1. The number of ether oxygens (including phenoxy) is 2. The van der Waals surface area contributed by atoms with E-state index in [0.717, 1.165) is 22.9 Å². The Bertz CT molecular complexity index is 1280. The molecule has 0 N–H and O–H groups in total. The van der Waals surface area contributed by atoms with Crippen molar-refractivity contribution in [2.75, 3.05) is 7.11 Å². The molecule has 34 heavy (non-hydrogen) atoms. The summed E-state index contributed by atoms with van der Waals surface area (Å²) in [6.45, 7) is 0.416. The predicted octanol–water partition coefficient (Wildman–Crippen LogP) is 7.47. The summed E-state index contributed by atoms with van der Waals surface area (Å²) in [6, 6.07) is 17.7.